The molecule has 0 bridgehead atoms. The van der Waals surface area contributed by atoms with E-state index in [0.717, 1.165) is 12.1 Å². The minimum Gasteiger partial charge on any atom is -0.495 e. The number of benzene rings is 2. The Morgan fingerprint density at radius 1 is 1.08 bits per heavy atom. The molecule has 1 fully saturated rings. The van der Waals surface area contributed by atoms with Gasteiger partial charge in [-0.05, 0) is 31.2 Å². The Labute approximate surface area is 207 Å². The molecular weight excluding hydrogens is 498 g/mol. The fraction of sp³-hybridized carbons (Fsp3) is 0.364. The molecule has 0 aliphatic carbocycles. The molecule has 1 N–H and O–H groups in total. The van der Waals surface area contributed by atoms with Crippen LogP contribution in [0.15, 0.2) is 41.3 Å². The third kappa shape index (κ3) is 5.90. The van der Waals surface area contributed by atoms with Gasteiger partial charge in [-0.2, -0.15) is 4.31 Å². The van der Waals surface area contributed by atoms with Gasteiger partial charge in [0.05, 0.1) is 43.6 Å². The van der Waals surface area contributed by atoms with Gasteiger partial charge in [-0.15, -0.1) is 0 Å². The maximum absolute atomic E-state index is 13.1. The molecule has 14 heteroatoms. The van der Waals surface area contributed by atoms with Crippen molar-refractivity contribution in [1.82, 2.24) is 4.31 Å². The van der Waals surface area contributed by atoms with Crippen LogP contribution in [0, 0.1) is 10.1 Å². The molecule has 0 unspecified atom stereocenters. The first-order chi connectivity index (χ1) is 17.1. The lowest BCUT2D eigenvalue weighted by Crippen LogP contribution is -2.40. The number of sulfonamides is 1. The molecule has 2 aromatic carbocycles. The Hall–Kier alpha value is -3.75. The third-order valence-corrected chi connectivity index (χ3v) is 7.21. The van der Waals surface area contributed by atoms with Crippen molar-refractivity contribution in [3.63, 3.8) is 0 Å². The van der Waals surface area contributed by atoms with Crippen molar-refractivity contribution in [3.05, 3.63) is 52.1 Å². The van der Waals surface area contributed by atoms with E-state index < -0.39 is 32.9 Å². The number of esters is 1. The monoisotopic (exact) mass is 523 g/mol. The Morgan fingerprint density at radius 2 is 1.72 bits per heavy atom. The minimum atomic E-state index is -3.99. The summed E-state index contributed by atoms with van der Waals surface area (Å²) in [5.74, 6) is -1.52. The zero-order valence-corrected chi connectivity index (χ0v) is 20.6. The molecule has 1 amide bonds. The normalized spacial score (nSPS) is 15.0. The van der Waals surface area contributed by atoms with Crippen LogP contribution in [-0.2, 0) is 24.3 Å². The van der Waals surface area contributed by atoms with E-state index in [1.807, 2.05) is 0 Å². The molecular formula is C22H25N3O10S. The van der Waals surface area contributed by atoms with Crippen LogP contribution < -0.4 is 14.8 Å². The summed E-state index contributed by atoms with van der Waals surface area (Å²) in [7, 11) is -1.36. The lowest BCUT2D eigenvalue weighted by molar-refractivity contribution is -0.384. The molecule has 1 atom stereocenters. The lowest BCUT2D eigenvalue weighted by Gasteiger charge is -2.26. The van der Waals surface area contributed by atoms with Gasteiger partial charge in [0.25, 0.3) is 11.6 Å². The number of nitrogens with zero attached hydrogens (tertiary/aromatic N) is 2. The summed E-state index contributed by atoms with van der Waals surface area (Å²) >= 11 is 0. The lowest BCUT2D eigenvalue weighted by atomic mass is 10.2. The highest BCUT2D eigenvalue weighted by Gasteiger charge is 2.31. The van der Waals surface area contributed by atoms with E-state index in [-0.39, 0.29) is 59.6 Å². The van der Waals surface area contributed by atoms with Crippen LogP contribution in [0.5, 0.6) is 11.5 Å². The number of non-ortho nitro benzene ring substituents is 1. The number of carbonyl (C=O) groups is 2. The zero-order chi connectivity index (χ0) is 26.5. The first-order valence-corrected chi connectivity index (χ1v) is 12.1. The standard InChI is InChI=1S/C22H25N3O10S/c1-14(21(26)23-17-13-16(25(28)29)5-7-18(17)32-2)35-22(27)15-4-6-19(33-3)20(12-15)36(30,31)24-8-10-34-11-9-24/h4-7,12-14H,8-11H2,1-3H3,(H,23,26)/t14-/m0/s1. The van der Waals surface area contributed by atoms with Crippen LogP contribution in [-0.4, -0.2) is 76.1 Å². The Bertz CT molecular complexity index is 1260. The van der Waals surface area contributed by atoms with Gasteiger partial charge in [0.1, 0.15) is 16.4 Å². The number of carbonyl (C=O) groups excluding carboxylic acids is 2. The molecule has 194 valence electrons. The van der Waals surface area contributed by atoms with E-state index in [0.29, 0.717) is 0 Å². The van der Waals surface area contributed by atoms with Crippen molar-refractivity contribution in [3.8, 4) is 11.5 Å². The van der Waals surface area contributed by atoms with E-state index in [4.69, 9.17) is 18.9 Å². The molecule has 1 heterocycles. The fourth-order valence-corrected chi connectivity index (χ4v) is 4.94. The van der Waals surface area contributed by atoms with Crippen molar-refractivity contribution < 1.29 is 41.9 Å². The average Bonchev–Trinajstić information content (AvgIpc) is 2.88. The summed E-state index contributed by atoms with van der Waals surface area (Å²) in [5.41, 5.74) is -0.374. The van der Waals surface area contributed by atoms with Crippen molar-refractivity contribution >= 4 is 33.3 Å². The van der Waals surface area contributed by atoms with E-state index in [1.165, 1.54) is 49.7 Å². The van der Waals surface area contributed by atoms with Gasteiger partial charge in [0, 0.05) is 25.2 Å². The van der Waals surface area contributed by atoms with Crippen molar-refractivity contribution in [2.75, 3.05) is 45.8 Å². The summed E-state index contributed by atoms with van der Waals surface area (Å²) < 4.78 is 48.2. The number of nitrogens with one attached hydrogen (secondary N) is 1. The van der Waals surface area contributed by atoms with Crippen molar-refractivity contribution in [2.45, 2.75) is 17.9 Å². The summed E-state index contributed by atoms with van der Waals surface area (Å²) in [6.07, 6.45) is -1.33. The zero-order valence-electron chi connectivity index (χ0n) is 19.8. The van der Waals surface area contributed by atoms with Crippen LogP contribution in [0.3, 0.4) is 0 Å². The molecule has 1 aliphatic heterocycles. The van der Waals surface area contributed by atoms with Crippen LogP contribution in [0.25, 0.3) is 0 Å². The van der Waals surface area contributed by atoms with Gasteiger partial charge >= 0.3 is 5.97 Å². The number of rotatable bonds is 9. The third-order valence-electron chi connectivity index (χ3n) is 5.29. The molecule has 0 saturated carbocycles. The van der Waals surface area contributed by atoms with Crippen LogP contribution in [0.2, 0.25) is 0 Å². The second-order valence-electron chi connectivity index (χ2n) is 7.56. The molecule has 1 saturated heterocycles. The average molecular weight is 524 g/mol. The van der Waals surface area contributed by atoms with Crippen LogP contribution >= 0.6 is 0 Å². The van der Waals surface area contributed by atoms with Gasteiger partial charge in [0.2, 0.25) is 10.0 Å². The number of hydrogen-bond donors (Lipinski definition) is 1. The number of hydrogen-bond acceptors (Lipinski definition) is 10. The highest BCUT2D eigenvalue weighted by atomic mass is 32.2. The van der Waals surface area contributed by atoms with Gasteiger partial charge < -0.3 is 24.3 Å². The SMILES string of the molecule is COc1ccc([N+](=O)[O-])cc1NC(=O)[C@H](C)OC(=O)c1ccc(OC)c(S(=O)(=O)N2CCOCC2)c1. The van der Waals surface area contributed by atoms with Crippen LogP contribution in [0.1, 0.15) is 17.3 Å². The summed E-state index contributed by atoms with van der Waals surface area (Å²) in [6, 6.07) is 7.40. The number of amides is 1. The Morgan fingerprint density at radius 3 is 2.33 bits per heavy atom. The molecule has 1 aliphatic rings. The number of morpholine rings is 1. The van der Waals surface area contributed by atoms with E-state index in [2.05, 4.69) is 5.32 Å². The molecule has 36 heavy (non-hydrogen) atoms. The fourth-order valence-electron chi connectivity index (χ4n) is 3.36. The summed E-state index contributed by atoms with van der Waals surface area (Å²) in [5, 5.41) is 13.5. The number of anilines is 1. The molecule has 0 aromatic heterocycles. The number of methoxy groups -OCH3 is 2. The molecule has 13 nitrogen and oxygen atoms in total. The predicted octanol–water partition coefficient (Wildman–Crippen LogP) is 1.82. The van der Waals surface area contributed by atoms with Gasteiger partial charge in [0.15, 0.2) is 6.10 Å². The molecule has 0 spiro atoms. The highest BCUT2D eigenvalue weighted by Crippen LogP contribution is 2.30. The quantitative estimate of drug-likeness (QED) is 0.291. The predicted molar refractivity (Wildman–Crippen MR) is 126 cm³/mol. The van der Waals surface area contributed by atoms with Gasteiger partial charge in [-0.1, -0.05) is 0 Å². The second-order valence-corrected chi connectivity index (χ2v) is 9.47. The number of ether oxygens (including phenoxy) is 4. The van der Waals surface area contributed by atoms with E-state index in [1.54, 1.807) is 0 Å². The smallest absolute Gasteiger partial charge is 0.338 e. The van der Waals surface area contributed by atoms with Crippen molar-refractivity contribution in [2.24, 2.45) is 0 Å². The Balaban J connectivity index is 1.78. The number of nitro benzene ring substituents is 1. The largest absolute Gasteiger partial charge is 0.495 e. The van der Waals surface area contributed by atoms with Gasteiger partial charge in [-0.25, -0.2) is 13.2 Å². The van der Waals surface area contributed by atoms with Crippen LogP contribution in [0.4, 0.5) is 11.4 Å². The van der Waals surface area contributed by atoms with E-state index in [9.17, 15) is 28.1 Å². The maximum Gasteiger partial charge on any atom is 0.338 e. The molecule has 0 radical (unpaired) electrons. The van der Waals surface area contributed by atoms with Crippen molar-refractivity contribution in [1.29, 1.82) is 0 Å². The minimum absolute atomic E-state index is 0.0166. The topological polar surface area (TPSA) is 164 Å². The first-order valence-electron chi connectivity index (χ1n) is 10.7. The summed E-state index contributed by atoms with van der Waals surface area (Å²) in [6.45, 7) is 2.08. The second kappa shape index (κ2) is 11.3. The van der Waals surface area contributed by atoms with Gasteiger partial charge in [-0.3, -0.25) is 14.9 Å². The highest BCUT2D eigenvalue weighted by molar-refractivity contribution is 7.89. The number of nitro groups is 1. The first kappa shape index (κ1) is 26.8. The maximum atomic E-state index is 13.1. The summed E-state index contributed by atoms with van der Waals surface area (Å²) in [4.78, 5) is 35.5. The Kier molecular flexibility index (Phi) is 8.45. The molecule has 3 rings (SSSR count). The molecule has 2 aromatic rings. The van der Waals surface area contributed by atoms with E-state index >= 15 is 0 Å².